The van der Waals surface area contributed by atoms with Gasteiger partial charge in [-0.05, 0) is 92.7 Å². The van der Waals surface area contributed by atoms with Crippen LogP contribution in [-0.4, -0.2) is 34.5 Å². The first-order valence-electron chi connectivity index (χ1n) is 18.8. The predicted molar refractivity (Wildman–Crippen MR) is 221 cm³/mol. The zero-order valence-corrected chi connectivity index (χ0v) is 30.0. The second-order valence-electron chi connectivity index (χ2n) is 14.1. The highest BCUT2D eigenvalue weighted by Gasteiger charge is 2.23. The lowest BCUT2D eigenvalue weighted by atomic mass is 9.91. The Morgan fingerprint density at radius 3 is 1.41 bits per heavy atom. The van der Waals surface area contributed by atoms with Crippen LogP contribution in [0.1, 0.15) is 48.2 Å². The van der Waals surface area contributed by atoms with Gasteiger partial charge in [0.05, 0.1) is 23.5 Å². The Bertz CT molecular complexity index is 2480. The normalized spacial score (nSPS) is 16.2. The summed E-state index contributed by atoms with van der Waals surface area (Å²) >= 11 is 0. The SMILES string of the molecule is C(=N[C@@H]1CCCC[C@H]1N=Cc1cc2cccc(OCc3ccc4ccccc4c3)c2cn1)c1cc2cccc(OCc3ccc4ccccc4c3)c2cn1. The van der Waals surface area contributed by atoms with Crippen LogP contribution in [0.15, 0.2) is 156 Å². The molecule has 0 spiro atoms. The van der Waals surface area contributed by atoms with Crippen molar-refractivity contribution in [3.05, 3.63) is 168 Å². The number of hydrogen-bond acceptors (Lipinski definition) is 6. The van der Waals surface area contributed by atoms with Crippen LogP contribution < -0.4 is 9.47 Å². The molecule has 264 valence electrons. The number of ether oxygens (including phenoxy) is 2. The molecular weight excluding hydrogens is 665 g/mol. The molecule has 1 fully saturated rings. The number of nitrogens with zero attached hydrogens (tertiary/aromatic N) is 4. The van der Waals surface area contributed by atoms with Crippen molar-refractivity contribution < 1.29 is 9.47 Å². The van der Waals surface area contributed by atoms with Crippen molar-refractivity contribution in [2.45, 2.75) is 51.0 Å². The van der Waals surface area contributed by atoms with Crippen molar-refractivity contribution in [3.63, 3.8) is 0 Å². The zero-order chi connectivity index (χ0) is 36.1. The minimum Gasteiger partial charge on any atom is -0.488 e. The molecule has 2 heterocycles. The maximum Gasteiger partial charge on any atom is 0.129 e. The molecule has 0 N–H and O–H groups in total. The van der Waals surface area contributed by atoms with E-state index in [2.05, 4.69) is 109 Å². The summed E-state index contributed by atoms with van der Waals surface area (Å²) in [5.41, 5.74) is 3.93. The van der Waals surface area contributed by atoms with Crippen LogP contribution in [0, 0.1) is 0 Å². The van der Waals surface area contributed by atoms with Crippen LogP contribution in [0.5, 0.6) is 11.5 Å². The Balaban J connectivity index is 0.859. The van der Waals surface area contributed by atoms with Gasteiger partial charge in [0.25, 0.3) is 0 Å². The summed E-state index contributed by atoms with van der Waals surface area (Å²) in [4.78, 5) is 19.6. The summed E-state index contributed by atoms with van der Waals surface area (Å²) in [5.74, 6) is 1.65. The van der Waals surface area contributed by atoms with E-state index in [9.17, 15) is 0 Å². The largest absolute Gasteiger partial charge is 0.488 e. The van der Waals surface area contributed by atoms with Gasteiger partial charge in [-0.25, -0.2) is 0 Å². The second kappa shape index (κ2) is 15.3. The van der Waals surface area contributed by atoms with Gasteiger partial charge in [-0.15, -0.1) is 0 Å². The van der Waals surface area contributed by atoms with Crippen molar-refractivity contribution in [1.82, 2.24) is 9.97 Å². The van der Waals surface area contributed by atoms with Gasteiger partial charge in [0.1, 0.15) is 24.7 Å². The molecule has 0 bridgehead atoms. The van der Waals surface area contributed by atoms with Gasteiger partial charge < -0.3 is 9.47 Å². The van der Waals surface area contributed by atoms with Crippen LogP contribution in [0.3, 0.4) is 0 Å². The van der Waals surface area contributed by atoms with Gasteiger partial charge >= 0.3 is 0 Å². The van der Waals surface area contributed by atoms with Crippen molar-refractivity contribution in [2.75, 3.05) is 0 Å². The molecule has 54 heavy (non-hydrogen) atoms. The topological polar surface area (TPSA) is 69.0 Å². The van der Waals surface area contributed by atoms with E-state index in [4.69, 9.17) is 29.4 Å². The smallest absolute Gasteiger partial charge is 0.129 e. The van der Waals surface area contributed by atoms with Gasteiger partial charge in [-0.3, -0.25) is 20.0 Å². The first-order chi connectivity index (χ1) is 26.7. The first-order valence-corrected chi connectivity index (χ1v) is 18.8. The Morgan fingerprint density at radius 1 is 0.481 bits per heavy atom. The molecule has 0 saturated heterocycles. The van der Waals surface area contributed by atoms with E-state index >= 15 is 0 Å². The Hall–Kier alpha value is -6.40. The maximum atomic E-state index is 6.29. The lowest BCUT2D eigenvalue weighted by molar-refractivity contribution is 0.310. The van der Waals surface area contributed by atoms with Crippen molar-refractivity contribution in [3.8, 4) is 11.5 Å². The van der Waals surface area contributed by atoms with Gasteiger partial charge in [0.15, 0.2) is 0 Å². The number of fused-ring (bicyclic) bond motifs is 4. The van der Waals surface area contributed by atoms with E-state index in [1.54, 1.807) is 0 Å². The summed E-state index contributed by atoms with van der Waals surface area (Å²) in [7, 11) is 0. The average Bonchev–Trinajstić information content (AvgIpc) is 3.23. The molecule has 2 aromatic heterocycles. The van der Waals surface area contributed by atoms with E-state index < -0.39 is 0 Å². The Labute approximate surface area is 314 Å². The summed E-state index contributed by atoms with van der Waals surface area (Å²) in [6.45, 7) is 0.987. The molecule has 0 radical (unpaired) electrons. The predicted octanol–water partition coefficient (Wildman–Crippen LogP) is 11.1. The van der Waals surface area contributed by atoms with E-state index in [1.807, 2.05) is 49.1 Å². The molecule has 1 aliphatic rings. The lowest BCUT2D eigenvalue weighted by Crippen LogP contribution is -2.27. The summed E-state index contributed by atoms with van der Waals surface area (Å²) in [6, 6.07) is 46.3. The van der Waals surface area contributed by atoms with Crippen LogP contribution in [0.4, 0.5) is 0 Å². The minimum atomic E-state index is 0.0969. The van der Waals surface area contributed by atoms with Gasteiger partial charge in [-0.1, -0.05) is 110 Å². The van der Waals surface area contributed by atoms with Gasteiger partial charge in [0.2, 0.25) is 0 Å². The van der Waals surface area contributed by atoms with E-state index in [-0.39, 0.29) is 12.1 Å². The number of pyridine rings is 2. The summed E-state index contributed by atoms with van der Waals surface area (Å²) in [5, 5.41) is 9.01. The molecule has 1 aliphatic carbocycles. The first kappa shape index (κ1) is 33.4. The molecule has 0 aliphatic heterocycles. The fourth-order valence-electron chi connectivity index (χ4n) is 7.48. The zero-order valence-electron chi connectivity index (χ0n) is 30.0. The number of hydrogen-bond donors (Lipinski definition) is 0. The van der Waals surface area contributed by atoms with Crippen molar-refractivity contribution in [1.29, 1.82) is 0 Å². The Kier molecular flexibility index (Phi) is 9.47. The maximum absolute atomic E-state index is 6.29. The van der Waals surface area contributed by atoms with E-state index in [1.165, 1.54) is 21.5 Å². The molecule has 6 heteroatoms. The molecule has 6 nitrogen and oxygen atoms in total. The molecule has 8 aromatic rings. The average molecular weight is 705 g/mol. The molecule has 0 amide bonds. The highest BCUT2D eigenvalue weighted by molar-refractivity contribution is 5.93. The molecule has 6 aromatic carbocycles. The molecule has 0 unspecified atom stereocenters. The highest BCUT2D eigenvalue weighted by atomic mass is 16.5. The third-order valence-electron chi connectivity index (χ3n) is 10.4. The Morgan fingerprint density at radius 2 is 0.926 bits per heavy atom. The number of benzene rings is 6. The number of aliphatic imine (C=N–C) groups is 2. The van der Waals surface area contributed by atoms with Crippen LogP contribution in [0.25, 0.3) is 43.1 Å². The molecular formula is C48H40N4O2. The molecule has 2 atom stereocenters. The standard InChI is InChI=1S/C48H40N4O2/c1-3-11-37-23-33(19-21-35(37)9-1)31-53-47-17-7-13-39-25-41(49-29-43(39)47)27-51-45-15-5-6-16-46(45)52-28-42-26-40-14-8-18-48(44(40)30-50-42)54-32-34-20-22-36-10-2-4-12-38(36)24-34/h1-4,7-14,17-30,45-46H,5-6,15-16,31-32H2/t45-,46-/m1/s1. The summed E-state index contributed by atoms with van der Waals surface area (Å²) < 4.78 is 12.6. The lowest BCUT2D eigenvalue weighted by Gasteiger charge is -2.25. The number of aromatic nitrogens is 2. The highest BCUT2D eigenvalue weighted by Crippen LogP contribution is 2.29. The number of rotatable bonds is 10. The van der Waals surface area contributed by atoms with E-state index in [0.29, 0.717) is 13.2 Å². The summed E-state index contributed by atoms with van der Waals surface area (Å²) in [6.07, 6.45) is 11.9. The van der Waals surface area contributed by atoms with Gasteiger partial charge in [0, 0.05) is 35.6 Å². The van der Waals surface area contributed by atoms with Crippen LogP contribution in [-0.2, 0) is 13.2 Å². The second-order valence-corrected chi connectivity index (χ2v) is 14.1. The fourth-order valence-corrected chi connectivity index (χ4v) is 7.48. The minimum absolute atomic E-state index is 0.0969. The van der Waals surface area contributed by atoms with Gasteiger partial charge in [-0.2, -0.15) is 0 Å². The molecule has 9 rings (SSSR count). The van der Waals surface area contributed by atoms with Crippen molar-refractivity contribution >= 4 is 55.5 Å². The third-order valence-corrected chi connectivity index (χ3v) is 10.4. The molecule has 1 saturated carbocycles. The van der Waals surface area contributed by atoms with E-state index in [0.717, 1.165) is 81.2 Å². The van der Waals surface area contributed by atoms with Crippen LogP contribution >= 0.6 is 0 Å². The quantitative estimate of drug-likeness (QED) is 0.133. The fraction of sp³-hybridized carbons (Fsp3) is 0.167. The third kappa shape index (κ3) is 7.42. The van der Waals surface area contributed by atoms with Crippen molar-refractivity contribution in [2.24, 2.45) is 9.98 Å². The monoisotopic (exact) mass is 704 g/mol. The van der Waals surface area contributed by atoms with Crippen LogP contribution in [0.2, 0.25) is 0 Å².